The van der Waals surface area contributed by atoms with Gasteiger partial charge in [-0.1, -0.05) is 6.92 Å². The van der Waals surface area contributed by atoms with Gasteiger partial charge < -0.3 is 14.4 Å². The highest BCUT2D eigenvalue weighted by Gasteiger charge is 2.31. The molecule has 3 aliphatic rings. The molecule has 3 aliphatic heterocycles. The Kier molecular flexibility index (Phi) is 6.20. The molecular formula is C27H36N6O2. The van der Waals surface area contributed by atoms with Gasteiger partial charge in [-0.15, -0.1) is 0 Å². The SMILES string of the molecule is CC[C@H]1CN(c2cc(-n3ncc4cc(C)c(C5CCN(C6COC6)CC5)cc43)nc(C)n2)CCO1. The van der Waals surface area contributed by atoms with Gasteiger partial charge in [-0.3, -0.25) is 4.90 Å². The van der Waals surface area contributed by atoms with Crippen LogP contribution in [0.5, 0.6) is 0 Å². The molecule has 0 spiro atoms. The van der Waals surface area contributed by atoms with Gasteiger partial charge in [-0.25, -0.2) is 14.6 Å². The third-order valence-corrected chi connectivity index (χ3v) is 8.01. The van der Waals surface area contributed by atoms with Crippen molar-refractivity contribution < 1.29 is 9.47 Å². The molecule has 35 heavy (non-hydrogen) atoms. The predicted octanol–water partition coefficient (Wildman–Crippen LogP) is 3.63. The normalized spacial score (nSPS) is 22.6. The Hall–Kier alpha value is -2.55. The van der Waals surface area contributed by atoms with E-state index < -0.39 is 0 Å². The minimum Gasteiger partial charge on any atom is -0.378 e. The standard InChI is InChI=1S/C27H36N6O2/c1-4-23-15-32(9-10-35-23)26-13-27(30-19(3)29-26)33-25-12-24(18(2)11-21(25)14-28-33)20-5-7-31(8-6-20)22-16-34-17-22/h11-14,20,22-23H,4-10,15-17H2,1-3H3/t23-/m0/s1. The van der Waals surface area contributed by atoms with E-state index in [1.54, 1.807) is 0 Å². The van der Waals surface area contributed by atoms with Crippen molar-refractivity contribution in [3.05, 3.63) is 41.3 Å². The summed E-state index contributed by atoms with van der Waals surface area (Å²) in [6, 6.07) is 7.37. The van der Waals surface area contributed by atoms with Crippen molar-refractivity contribution in [1.29, 1.82) is 0 Å². The Morgan fingerprint density at radius 2 is 1.80 bits per heavy atom. The Morgan fingerprint density at radius 1 is 1.00 bits per heavy atom. The smallest absolute Gasteiger partial charge is 0.159 e. The first kappa shape index (κ1) is 22.9. The molecule has 1 aromatic carbocycles. The van der Waals surface area contributed by atoms with E-state index in [0.29, 0.717) is 12.0 Å². The minimum atomic E-state index is 0.252. The van der Waals surface area contributed by atoms with Crippen LogP contribution in [0.15, 0.2) is 24.4 Å². The first-order valence-electron chi connectivity index (χ1n) is 13.1. The van der Waals surface area contributed by atoms with E-state index in [0.717, 1.165) is 80.8 Å². The first-order chi connectivity index (χ1) is 17.1. The predicted molar refractivity (Wildman–Crippen MR) is 137 cm³/mol. The Bertz CT molecular complexity index is 1200. The number of anilines is 1. The number of hydrogen-bond donors (Lipinski definition) is 0. The summed E-state index contributed by atoms with van der Waals surface area (Å²) in [7, 11) is 0. The van der Waals surface area contributed by atoms with E-state index in [-0.39, 0.29) is 6.10 Å². The van der Waals surface area contributed by atoms with Gasteiger partial charge >= 0.3 is 0 Å². The van der Waals surface area contributed by atoms with Crippen LogP contribution in [0, 0.1) is 13.8 Å². The highest BCUT2D eigenvalue weighted by Crippen LogP contribution is 2.34. The number of likely N-dealkylation sites (tertiary alicyclic amines) is 1. The van der Waals surface area contributed by atoms with Gasteiger partial charge in [0, 0.05) is 24.5 Å². The second-order valence-corrected chi connectivity index (χ2v) is 10.3. The van der Waals surface area contributed by atoms with Crippen LogP contribution in [-0.2, 0) is 9.47 Å². The quantitative estimate of drug-likeness (QED) is 0.557. The van der Waals surface area contributed by atoms with Crippen molar-refractivity contribution in [2.75, 3.05) is 50.9 Å². The van der Waals surface area contributed by atoms with Gasteiger partial charge in [0.1, 0.15) is 11.6 Å². The molecule has 0 N–H and O–H groups in total. The number of piperidine rings is 1. The topological polar surface area (TPSA) is 68.5 Å². The van der Waals surface area contributed by atoms with Crippen molar-refractivity contribution in [2.24, 2.45) is 0 Å². The lowest BCUT2D eigenvalue weighted by molar-refractivity contribution is -0.0712. The van der Waals surface area contributed by atoms with Crippen molar-refractivity contribution >= 4 is 16.7 Å². The molecule has 0 bridgehead atoms. The van der Waals surface area contributed by atoms with Gasteiger partial charge in [0.25, 0.3) is 0 Å². The lowest BCUT2D eigenvalue weighted by Crippen LogP contribution is -2.51. The van der Waals surface area contributed by atoms with Gasteiger partial charge in [-0.2, -0.15) is 5.10 Å². The summed E-state index contributed by atoms with van der Waals surface area (Å²) in [6.07, 6.45) is 5.62. The fourth-order valence-corrected chi connectivity index (χ4v) is 5.82. The van der Waals surface area contributed by atoms with Crippen LogP contribution in [0.25, 0.3) is 16.7 Å². The Balaban J connectivity index is 1.30. The number of rotatable bonds is 5. The molecule has 0 saturated carbocycles. The summed E-state index contributed by atoms with van der Waals surface area (Å²) >= 11 is 0. The highest BCUT2D eigenvalue weighted by atomic mass is 16.5. The van der Waals surface area contributed by atoms with Crippen molar-refractivity contribution in [3.8, 4) is 5.82 Å². The molecule has 5 heterocycles. The van der Waals surface area contributed by atoms with Crippen LogP contribution >= 0.6 is 0 Å². The molecule has 0 amide bonds. The van der Waals surface area contributed by atoms with Crippen molar-refractivity contribution in [3.63, 3.8) is 0 Å². The fraction of sp³-hybridized carbons (Fsp3) is 0.593. The Labute approximate surface area is 207 Å². The number of ether oxygens (including phenoxy) is 2. The molecule has 3 fully saturated rings. The number of aromatic nitrogens is 4. The van der Waals surface area contributed by atoms with Crippen LogP contribution in [0.2, 0.25) is 0 Å². The zero-order chi connectivity index (χ0) is 23.9. The van der Waals surface area contributed by atoms with Crippen LogP contribution in [0.1, 0.15) is 49.1 Å². The van der Waals surface area contributed by atoms with Gasteiger partial charge in [0.2, 0.25) is 0 Å². The molecule has 8 nitrogen and oxygen atoms in total. The summed E-state index contributed by atoms with van der Waals surface area (Å²) in [6.45, 7) is 12.9. The van der Waals surface area contributed by atoms with Crippen LogP contribution < -0.4 is 4.90 Å². The molecule has 186 valence electrons. The molecule has 3 saturated heterocycles. The summed E-state index contributed by atoms with van der Waals surface area (Å²) < 4.78 is 13.3. The average Bonchev–Trinajstić information content (AvgIpc) is 3.25. The number of fused-ring (bicyclic) bond motifs is 1. The summed E-state index contributed by atoms with van der Waals surface area (Å²) in [5, 5.41) is 5.92. The molecule has 0 radical (unpaired) electrons. The molecule has 3 aromatic rings. The number of aryl methyl sites for hydroxylation is 2. The van der Waals surface area contributed by atoms with E-state index in [1.165, 1.54) is 24.0 Å². The lowest BCUT2D eigenvalue weighted by Gasteiger charge is -2.41. The molecule has 2 aromatic heterocycles. The second-order valence-electron chi connectivity index (χ2n) is 10.3. The van der Waals surface area contributed by atoms with E-state index >= 15 is 0 Å². The number of nitrogens with zero attached hydrogens (tertiary/aromatic N) is 6. The van der Waals surface area contributed by atoms with Gasteiger partial charge in [-0.05, 0) is 75.4 Å². The van der Waals surface area contributed by atoms with E-state index in [1.807, 2.05) is 17.8 Å². The maximum atomic E-state index is 5.87. The average molecular weight is 477 g/mol. The van der Waals surface area contributed by atoms with Gasteiger partial charge in [0.15, 0.2) is 5.82 Å². The first-order valence-corrected chi connectivity index (χ1v) is 13.1. The molecule has 8 heteroatoms. The summed E-state index contributed by atoms with van der Waals surface area (Å²) in [5.74, 6) is 3.14. The van der Waals surface area contributed by atoms with Crippen LogP contribution in [0.4, 0.5) is 5.82 Å². The van der Waals surface area contributed by atoms with E-state index in [2.05, 4.69) is 41.8 Å². The molecule has 6 rings (SSSR count). The molecule has 0 unspecified atom stereocenters. The van der Waals surface area contributed by atoms with Crippen LogP contribution in [-0.4, -0.2) is 82.8 Å². The minimum absolute atomic E-state index is 0.252. The van der Waals surface area contributed by atoms with Crippen molar-refractivity contribution in [1.82, 2.24) is 24.6 Å². The monoisotopic (exact) mass is 476 g/mol. The molecular weight excluding hydrogens is 440 g/mol. The van der Waals surface area contributed by atoms with E-state index in [4.69, 9.17) is 24.5 Å². The third-order valence-electron chi connectivity index (χ3n) is 8.01. The van der Waals surface area contributed by atoms with Gasteiger partial charge in [0.05, 0.1) is 43.7 Å². The third kappa shape index (κ3) is 4.43. The molecule has 1 atom stereocenters. The fourth-order valence-electron chi connectivity index (χ4n) is 5.82. The maximum absolute atomic E-state index is 5.87. The summed E-state index contributed by atoms with van der Waals surface area (Å²) in [5.41, 5.74) is 3.94. The van der Waals surface area contributed by atoms with Crippen LogP contribution in [0.3, 0.4) is 0 Å². The molecule has 0 aliphatic carbocycles. The Morgan fingerprint density at radius 3 is 2.54 bits per heavy atom. The number of hydrogen-bond acceptors (Lipinski definition) is 7. The number of morpholine rings is 1. The second kappa shape index (κ2) is 9.48. The lowest BCUT2D eigenvalue weighted by atomic mass is 9.85. The summed E-state index contributed by atoms with van der Waals surface area (Å²) in [4.78, 5) is 14.5. The van der Waals surface area contributed by atoms with E-state index in [9.17, 15) is 0 Å². The van der Waals surface area contributed by atoms with Crippen molar-refractivity contribution in [2.45, 2.75) is 58.1 Å². The zero-order valence-corrected chi connectivity index (χ0v) is 21.1. The number of benzene rings is 1. The highest BCUT2D eigenvalue weighted by molar-refractivity contribution is 5.82. The maximum Gasteiger partial charge on any atom is 0.159 e. The largest absolute Gasteiger partial charge is 0.378 e. The zero-order valence-electron chi connectivity index (χ0n) is 21.1.